The Hall–Kier alpha value is -1.98. The van der Waals surface area contributed by atoms with Crippen molar-refractivity contribution in [2.75, 3.05) is 0 Å². The third-order valence-electron chi connectivity index (χ3n) is 3.90. The second kappa shape index (κ2) is 4.54. The van der Waals surface area contributed by atoms with Crippen LogP contribution in [0.4, 0.5) is 8.78 Å². The van der Waals surface area contributed by atoms with Gasteiger partial charge in [0.05, 0.1) is 12.0 Å². The van der Waals surface area contributed by atoms with Gasteiger partial charge < -0.3 is 10.0 Å². The van der Waals surface area contributed by atoms with E-state index in [0.29, 0.717) is 0 Å². The first-order chi connectivity index (χ1) is 9.49. The van der Waals surface area contributed by atoms with Crippen LogP contribution in [-0.4, -0.2) is 27.9 Å². The summed E-state index contributed by atoms with van der Waals surface area (Å²) in [6.07, 6.45) is 1.41. The number of hydrogen-bond acceptors (Lipinski definition) is 2. The molecule has 3 rings (SSSR count). The molecular weight excluding hydrogens is 268 g/mol. The predicted octanol–water partition coefficient (Wildman–Crippen LogP) is 2.10. The van der Waals surface area contributed by atoms with Crippen LogP contribution in [0.15, 0.2) is 18.2 Å². The number of hydrogen-bond donors (Lipinski definition) is 1. The van der Waals surface area contributed by atoms with Crippen molar-refractivity contribution in [3.8, 4) is 0 Å². The number of halogens is 2. The minimum atomic E-state index is -1.16. The topological polar surface area (TPSA) is 57.6 Å². The molecule has 20 heavy (non-hydrogen) atoms. The summed E-state index contributed by atoms with van der Waals surface area (Å²) in [6.45, 7) is 0. The van der Waals surface area contributed by atoms with Crippen LogP contribution >= 0.6 is 0 Å². The zero-order valence-electron chi connectivity index (χ0n) is 10.6. The second-order valence-corrected chi connectivity index (χ2v) is 5.29. The number of carbonyl (C=O) groups excluding carboxylic acids is 1. The lowest BCUT2D eigenvalue weighted by Gasteiger charge is -2.27. The first-order valence-electron chi connectivity index (χ1n) is 6.48. The molecule has 2 fully saturated rings. The summed E-state index contributed by atoms with van der Waals surface area (Å²) in [4.78, 5) is 24.7. The Morgan fingerprint density at radius 2 is 2.00 bits per heavy atom. The quantitative estimate of drug-likeness (QED) is 0.923. The summed E-state index contributed by atoms with van der Waals surface area (Å²) in [5.74, 6) is -3.80. The molecule has 1 heterocycles. The number of rotatable bonds is 3. The smallest absolute Gasteiger partial charge is 0.309 e. The van der Waals surface area contributed by atoms with Crippen LogP contribution in [0.1, 0.15) is 30.9 Å². The number of likely N-dealkylation sites (tertiary alicyclic amines) is 1. The van der Waals surface area contributed by atoms with Crippen molar-refractivity contribution in [3.05, 3.63) is 35.4 Å². The number of amides is 1. The van der Waals surface area contributed by atoms with E-state index in [9.17, 15) is 23.5 Å². The summed E-state index contributed by atoms with van der Waals surface area (Å²) in [5, 5.41) is 9.25. The van der Waals surface area contributed by atoms with E-state index in [1.165, 1.54) is 4.90 Å². The summed E-state index contributed by atoms with van der Waals surface area (Å²) < 4.78 is 27.3. The molecule has 1 N–H and O–H groups in total. The zero-order valence-corrected chi connectivity index (χ0v) is 10.6. The molecule has 1 aliphatic carbocycles. The van der Waals surface area contributed by atoms with Crippen LogP contribution in [0.2, 0.25) is 0 Å². The van der Waals surface area contributed by atoms with Gasteiger partial charge in [-0.25, -0.2) is 8.78 Å². The van der Waals surface area contributed by atoms with Gasteiger partial charge in [0.1, 0.15) is 11.6 Å². The minimum absolute atomic E-state index is 0.0421. The van der Waals surface area contributed by atoms with Gasteiger partial charge in [0.2, 0.25) is 5.91 Å². The average molecular weight is 281 g/mol. The maximum Gasteiger partial charge on any atom is 0.309 e. The lowest BCUT2D eigenvalue weighted by Crippen LogP contribution is -2.33. The van der Waals surface area contributed by atoms with Crippen LogP contribution in [0.5, 0.6) is 0 Å². The molecule has 1 aromatic rings. The highest BCUT2D eigenvalue weighted by atomic mass is 19.1. The maximum absolute atomic E-state index is 13.9. The molecule has 1 saturated heterocycles. The molecule has 6 heteroatoms. The van der Waals surface area contributed by atoms with Gasteiger partial charge >= 0.3 is 5.97 Å². The molecule has 0 bridgehead atoms. The Bertz CT molecular complexity index is 586. The second-order valence-electron chi connectivity index (χ2n) is 5.29. The van der Waals surface area contributed by atoms with Gasteiger partial charge in [0.25, 0.3) is 0 Å². The molecule has 1 amide bonds. The molecule has 1 aliphatic heterocycles. The highest BCUT2D eigenvalue weighted by molar-refractivity contribution is 5.87. The van der Waals surface area contributed by atoms with Gasteiger partial charge in [-0.05, 0) is 31.0 Å². The number of carboxylic acids is 1. The van der Waals surface area contributed by atoms with E-state index in [1.54, 1.807) is 0 Å². The van der Waals surface area contributed by atoms with Crippen molar-refractivity contribution in [2.24, 2.45) is 5.92 Å². The van der Waals surface area contributed by atoms with E-state index in [-0.39, 0.29) is 23.9 Å². The zero-order chi connectivity index (χ0) is 14.4. The molecule has 0 radical (unpaired) electrons. The van der Waals surface area contributed by atoms with E-state index in [0.717, 1.165) is 31.0 Å². The van der Waals surface area contributed by atoms with Gasteiger partial charge in [0, 0.05) is 18.0 Å². The molecule has 0 spiro atoms. The van der Waals surface area contributed by atoms with Crippen LogP contribution in [-0.2, 0) is 9.59 Å². The first kappa shape index (κ1) is 13.0. The third kappa shape index (κ3) is 2.05. The molecule has 1 saturated carbocycles. The van der Waals surface area contributed by atoms with Crippen molar-refractivity contribution in [1.82, 2.24) is 4.90 Å². The number of benzene rings is 1. The highest BCUT2D eigenvalue weighted by Crippen LogP contribution is 2.45. The van der Waals surface area contributed by atoms with Crippen LogP contribution < -0.4 is 0 Å². The van der Waals surface area contributed by atoms with Crippen LogP contribution in [0, 0.1) is 17.6 Å². The molecule has 2 atom stereocenters. The fourth-order valence-electron chi connectivity index (χ4n) is 2.87. The first-order valence-corrected chi connectivity index (χ1v) is 6.48. The van der Waals surface area contributed by atoms with Gasteiger partial charge in [-0.3, -0.25) is 9.59 Å². The largest absolute Gasteiger partial charge is 0.481 e. The fraction of sp³-hybridized carbons (Fsp3) is 0.429. The summed E-state index contributed by atoms with van der Waals surface area (Å²) in [7, 11) is 0. The molecule has 0 aromatic heterocycles. The number of aliphatic carboxylic acids is 1. The Labute approximate surface area is 114 Å². The lowest BCUT2D eigenvalue weighted by atomic mass is 9.93. The molecule has 4 nitrogen and oxygen atoms in total. The van der Waals surface area contributed by atoms with Crippen molar-refractivity contribution in [1.29, 1.82) is 0 Å². The Balaban J connectivity index is 2.07. The number of carbonyl (C=O) groups is 2. The summed E-state index contributed by atoms with van der Waals surface area (Å²) in [5.41, 5.74) is -0.0462. The minimum Gasteiger partial charge on any atom is -0.481 e. The highest BCUT2D eigenvalue weighted by Gasteiger charge is 2.50. The summed E-state index contributed by atoms with van der Waals surface area (Å²) >= 11 is 0. The molecular formula is C14H13F2NO3. The fourth-order valence-corrected chi connectivity index (χ4v) is 2.87. The van der Waals surface area contributed by atoms with E-state index in [2.05, 4.69) is 0 Å². The van der Waals surface area contributed by atoms with Gasteiger partial charge in [0.15, 0.2) is 0 Å². The maximum atomic E-state index is 13.9. The van der Waals surface area contributed by atoms with E-state index >= 15 is 0 Å². The van der Waals surface area contributed by atoms with E-state index in [1.807, 2.05) is 0 Å². The Morgan fingerprint density at radius 1 is 1.30 bits per heavy atom. The standard InChI is InChI=1S/C14H13F2NO3/c15-7-1-4-11(16)9(5-7)13-10(14(19)20)6-12(18)17(13)8-2-3-8/h1,4-5,8,10,13H,2-3,6H2,(H,19,20). The van der Waals surface area contributed by atoms with E-state index < -0.39 is 29.6 Å². The average Bonchev–Trinajstić information content (AvgIpc) is 3.15. The number of carboxylic acid groups (broad SMARTS) is 1. The number of nitrogens with zero attached hydrogens (tertiary/aromatic N) is 1. The third-order valence-corrected chi connectivity index (χ3v) is 3.90. The normalized spacial score (nSPS) is 26.1. The molecule has 2 aliphatic rings. The summed E-state index contributed by atoms with van der Waals surface area (Å²) in [6, 6.07) is 1.98. The van der Waals surface area contributed by atoms with Gasteiger partial charge in [-0.2, -0.15) is 0 Å². The van der Waals surface area contributed by atoms with Crippen molar-refractivity contribution >= 4 is 11.9 Å². The predicted molar refractivity (Wildman–Crippen MR) is 64.7 cm³/mol. The molecule has 106 valence electrons. The van der Waals surface area contributed by atoms with Crippen molar-refractivity contribution < 1.29 is 23.5 Å². The van der Waals surface area contributed by atoms with Crippen molar-refractivity contribution in [2.45, 2.75) is 31.3 Å². The van der Waals surface area contributed by atoms with E-state index in [4.69, 9.17) is 0 Å². The van der Waals surface area contributed by atoms with Crippen molar-refractivity contribution in [3.63, 3.8) is 0 Å². The van der Waals surface area contributed by atoms with Crippen LogP contribution in [0.3, 0.4) is 0 Å². The monoisotopic (exact) mass is 281 g/mol. The molecule has 2 unspecified atom stereocenters. The Kier molecular flexibility index (Phi) is 2.96. The Morgan fingerprint density at radius 3 is 2.60 bits per heavy atom. The molecule has 1 aromatic carbocycles. The van der Waals surface area contributed by atoms with Gasteiger partial charge in [-0.15, -0.1) is 0 Å². The SMILES string of the molecule is O=C(O)C1CC(=O)N(C2CC2)C1c1cc(F)ccc1F. The van der Waals surface area contributed by atoms with Crippen LogP contribution in [0.25, 0.3) is 0 Å². The lowest BCUT2D eigenvalue weighted by molar-refractivity contribution is -0.142. The van der Waals surface area contributed by atoms with Gasteiger partial charge in [-0.1, -0.05) is 0 Å².